The highest BCUT2D eigenvalue weighted by atomic mass is 16.5. The molecular formula is C18H18N2O3. The largest absolute Gasteiger partial charge is 0.465 e. The number of hydrogen-bond acceptors (Lipinski definition) is 3. The molecule has 0 bridgehead atoms. The van der Waals surface area contributed by atoms with E-state index in [1.165, 1.54) is 11.8 Å². The number of carbonyl (C=O) groups is 2. The molecular weight excluding hydrogens is 292 g/mol. The first kappa shape index (κ1) is 15.1. The summed E-state index contributed by atoms with van der Waals surface area (Å²) in [5, 5.41) is 2.73. The highest BCUT2D eigenvalue weighted by molar-refractivity contribution is 6.19. The van der Waals surface area contributed by atoms with Gasteiger partial charge >= 0.3 is 0 Å². The first-order chi connectivity index (χ1) is 10.9. The van der Waals surface area contributed by atoms with E-state index in [2.05, 4.69) is 5.32 Å². The van der Waals surface area contributed by atoms with Gasteiger partial charge in [-0.25, -0.2) is 0 Å². The molecule has 3 rings (SSSR count). The number of para-hydroxylation sites is 1. The average Bonchev–Trinajstić information content (AvgIpc) is 2.54. The quantitative estimate of drug-likeness (QED) is 0.868. The smallest absolute Gasteiger partial charge is 0.280 e. The minimum atomic E-state index is -1.60. The second-order valence-corrected chi connectivity index (χ2v) is 5.79. The van der Waals surface area contributed by atoms with Gasteiger partial charge in [0.25, 0.3) is 17.4 Å². The van der Waals surface area contributed by atoms with Gasteiger partial charge in [0, 0.05) is 12.7 Å². The predicted molar refractivity (Wildman–Crippen MR) is 88.7 cm³/mol. The molecule has 2 aromatic carbocycles. The Labute approximate surface area is 134 Å². The van der Waals surface area contributed by atoms with E-state index in [1.54, 1.807) is 25.2 Å². The summed E-state index contributed by atoms with van der Waals surface area (Å²) in [4.78, 5) is 26.8. The zero-order valence-corrected chi connectivity index (χ0v) is 13.3. The number of likely N-dealkylation sites (N-methyl/N-ethyl adjacent to an activating group) is 1. The fourth-order valence-corrected chi connectivity index (χ4v) is 2.58. The maximum atomic E-state index is 12.7. The predicted octanol–water partition coefficient (Wildman–Crippen LogP) is 2.75. The maximum absolute atomic E-state index is 12.7. The van der Waals surface area contributed by atoms with Crippen LogP contribution in [0.4, 0.5) is 11.4 Å². The first-order valence-electron chi connectivity index (χ1n) is 7.36. The van der Waals surface area contributed by atoms with Crippen LogP contribution in [0.15, 0.2) is 48.5 Å². The van der Waals surface area contributed by atoms with Gasteiger partial charge in [0.05, 0.1) is 5.69 Å². The average molecular weight is 310 g/mol. The lowest BCUT2D eigenvalue weighted by atomic mass is 9.99. The number of nitrogens with zero attached hydrogens (tertiary/aromatic N) is 1. The molecule has 1 aliphatic heterocycles. The van der Waals surface area contributed by atoms with E-state index in [1.807, 2.05) is 37.3 Å². The number of fused-ring (bicyclic) bond motifs is 1. The number of amides is 2. The van der Waals surface area contributed by atoms with Crippen molar-refractivity contribution in [3.63, 3.8) is 0 Å². The minimum absolute atomic E-state index is 0.399. The summed E-state index contributed by atoms with van der Waals surface area (Å²) in [5.74, 6) is -0.376. The van der Waals surface area contributed by atoms with Crippen molar-refractivity contribution < 1.29 is 14.3 Å². The summed E-state index contributed by atoms with van der Waals surface area (Å²) >= 11 is 0. The Morgan fingerprint density at radius 1 is 1.17 bits per heavy atom. The van der Waals surface area contributed by atoms with Gasteiger partial charge in [-0.15, -0.1) is 0 Å². The summed E-state index contributed by atoms with van der Waals surface area (Å²) in [7, 11) is 1.65. The number of nitrogens with one attached hydrogen (secondary N) is 1. The lowest BCUT2D eigenvalue weighted by molar-refractivity contribution is -0.144. The van der Waals surface area contributed by atoms with Crippen LogP contribution in [0, 0.1) is 6.92 Å². The van der Waals surface area contributed by atoms with Gasteiger partial charge in [0.1, 0.15) is 5.75 Å². The summed E-state index contributed by atoms with van der Waals surface area (Å²) < 4.78 is 5.79. The van der Waals surface area contributed by atoms with E-state index >= 15 is 0 Å². The van der Waals surface area contributed by atoms with Crippen LogP contribution in [-0.2, 0) is 9.59 Å². The molecule has 1 aliphatic rings. The van der Waals surface area contributed by atoms with Crippen molar-refractivity contribution in [2.45, 2.75) is 19.4 Å². The molecule has 0 aliphatic carbocycles. The molecule has 1 heterocycles. The highest BCUT2D eigenvalue weighted by Crippen LogP contribution is 2.38. The van der Waals surface area contributed by atoms with Gasteiger partial charge in [0.15, 0.2) is 0 Å². The van der Waals surface area contributed by atoms with Crippen molar-refractivity contribution in [2.24, 2.45) is 0 Å². The number of aryl methyl sites for hydroxylation is 1. The van der Waals surface area contributed by atoms with E-state index in [9.17, 15) is 9.59 Å². The second-order valence-electron chi connectivity index (χ2n) is 5.79. The molecule has 118 valence electrons. The molecule has 5 nitrogen and oxygen atoms in total. The van der Waals surface area contributed by atoms with Gasteiger partial charge in [0.2, 0.25) is 0 Å². The summed E-state index contributed by atoms with van der Waals surface area (Å²) in [5.41, 5.74) is 0.698. The summed E-state index contributed by atoms with van der Waals surface area (Å²) in [6.07, 6.45) is 0. The van der Waals surface area contributed by atoms with Crippen LogP contribution in [0.2, 0.25) is 0 Å². The fourth-order valence-electron chi connectivity index (χ4n) is 2.58. The van der Waals surface area contributed by atoms with E-state index < -0.39 is 17.4 Å². The molecule has 0 saturated heterocycles. The van der Waals surface area contributed by atoms with Crippen LogP contribution in [0.3, 0.4) is 0 Å². The molecule has 0 spiro atoms. The molecule has 0 radical (unpaired) electrons. The van der Waals surface area contributed by atoms with E-state index in [0.29, 0.717) is 17.1 Å². The van der Waals surface area contributed by atoms with Gasteiger partial charge in [-0.3, -0.25) is 9.59 Å². The Hall–Kier alpha value is -2.82. The Kier molecular flexibility index (Phi) is 3.56. The zero-order valence-electron chi connectivity index (χ0n) is 13.3. The SMILES string of the molecule is Cc1ccc2c(c1)N(C)C(=O)C(C)(C(=O)Nc1ccccc1)O2. The number of hydrogen-bond donors (Lipinski definition) is 1. The highest BCUT2D eigenvalue weighted by Gasteiger charge is 2.49. The van der Waals surface area contributed by atoms with Gasteiger partial charge < -0.3 is 15.0 Å². The number of ether oxygens (including phenoxy) is 1. The molecule has 2 amide bonds. The molecule has 23 heavy (non-hydrogen) atoms. The molecule has 2 aromatic rings. The van der Waals surface area contributed by atoms with Gasteiger partial charge in [-0.1, -0.05) is 24.3 Å². The molecule has 1 N–H and O–H groups in total. The van der Waals surface area contributed by atoms with Crippen LogP contribution >= 0.6 is 0 Å². The molecule has 1 unspecified atom stereocenters. The van der Waals surface area contributed by atoms with Crippen LogP contribution < -0.4 is 15.0 Å². The first-order valence-corrected chi connectivity index (χ1v) is 7.36. The minimum Gasteiger partial charge on any atom is -0.465 e. The van der Waals surface area contributed by atoms with Crippen LogP contribution in [-0.4, -0.2) is 24.5 Å². The molecule has 0 saturated carbocycles. The Morgan fingerprint density at radius 2 is 1.87 bits per heavy atom. The monoisotopic (exact) mass is 310 g/mol. The lowest BCUT2D eigenvalue weighted by Crippen LogP contribution is -2.59. The van der Waals surface area contributed by atoms with Gasteiger partial charge in [-0.05, 0) is 43.7 Å². The number of rotatable bonds is 2. The van der Waals surface area contributed by atoms with Crippen molar-refractivity contribution >= 4 is 23.2 Å². The normalized spacial score (nSPS) is 19.8. The Morgan fingerprint density at radius 3 is 2.57 bits per heavy atom. The topological polar surface area (TPSA) is 58.6 Å². The summed E-state index contributed by atoms with van der Waals surface area (Å²) in [6, 6.07) is 14.5. The lowest BCUT2D eigenvalue weighted by Gasteiger charge is -2.38. The third-order valence-electron chi connectivity index (χ3n) is 3.97. The third kappa shape index (κ3) is 2.54. The van der Waals surface area contributed by atoms with Crippen molar-refractivity contribution in [3.8, 4) is 5.75 Å². The van der Waals surface area contributed by atoms with Crippen molar-refractivity contribution in [1.29, 1.82) is 0 Å². The third-order valence-corrected chi connectivity index (χ3v) is 3.97. The molecule has 5 heteroatoms. The van der Waals surface area contributed by atoms with E-state index in [4.69, 9.17) is 4.74 Å². The van der Waals surface area contributed by atoms with Crippen LogP contribution in [0.25, 0.3) is 0 Å². The van der Waals surface area contributed by atoms with Crippen molar-refractivity contribution in [2.75, 3.05) is 17.3 Å². The van der Waals surface area contributed by atoms with Crippen LogP contribution in [0.1, 0.15) is 12.5 Å². The number of anilines is 2. The Balaban J connectivity index is 1.94. The Bertz CT molecular complexity index is 773. The van der Waals surface area contributed by atoms with Gasteiger partial charge in [-0.2, -0.15) is 0 Å². The van der Waals surface area contributed by atoms with Crippen molar-refractivity contribution in [1.82, 2.24) is 0 Å². The van der Waals surface area contributed by atoms with E-state index in [-0.39, 0.29) is 0 Å². The second kappa shape index (κ2) is 5.43. The fraction of sp³-hybridized carbons (Fsp3) is 0.222. The number of carbonyl (C=O) groups excluding carboxylic acids is 2. The maximum Gasteiger partial charge on any atom is 0.280 e. The zero-order chi connectivity index (χ0) is 16.6. The van der Waals surface area contributed by atoms with E-state index in [0.717, 1.165) is 5.56 Å². The van der Waals surface area contributed by atoms with Crippen LogP contribution in [0.5, 0.6) is 5.75 Å². The molecule has 0 aromatic heterocycles. The molecule has 1 atom stereocenters. The molecule has 0 fully saturated rings. The summed E-state index contributed by atoms with van der Waals surface area (Å²) in [6.45, 7) is 3.43. The van der Waals surface area contributed by atoms with Crippen molar-refractivity contribution in [3.05, 3.63) is 54.1 Å². The number of benzene rings is 2. The standard InChI is InChI=1S/C18H18N2O3/c1-12-9-10-15-14(11-12)20(3)17(22)18(2,23-15)16(21)19-13-7-5-4-6-8-13/h4-11H,1-3H3,(H,19,21).